The molecule has 1 atom stereocenters. The van der Waals surface area contributed by atoms with Gasteiger partial charge >= 0.3 is 5.97 Å². The van der Waals surface area contributed by atoms with Gasteiger partial charge in [0.25, 0.3) is 0 Å². The molecule has 1 fully saturated rings. The van der Waals surface area contributed by atoms with E-state index in [-0.39, 0.29) is 0 Å². The summed E-state index contributed by atoms with van der Waals surface area (Å²) < 4.78 is 5.45. The molecule has 0 radical (unpaired) electrons. The number of rotatable bonds is 6. The van der Waals surface area contributed by atoms with Gasteiger partial charge < -0.3 is 9.84 Å². The quantitative estimate of drug-likeness (QED) is 0.873. The summed E-state index contributed by atoms with van der Waals surface area (Å²) in [6.07, 6.45) is 3.29. The second-order valence-electron chi connectivity index (χ2n) is 5.83. The molecule has 4 nitrogen and oxygen atoms in total. The van der Waals surface area contributed by atoms with Gasteiger partial charge in [-0.25, -0.2) is 0 Å². The van der Waals surface area contributed by atoms with Gasteiger partial charge in [-0.2, -0.15) is 0 Å². The predicted molar refractivity (Wildman–Crippen MR) is 82.6 cm³/mol. The summed E-state index contributed by atoms with van der Waals surface area (Å²) in [5, 5.41) is 8.77. The summed E-state index contributed by atoms with van der Waals surface area (Å²) in [6.45, 7) is 4.28. The summed E-state index contributed by atoms with van der Waals surface area (Å²) in [6, 6.07) is 8.51. The van der Waals surface area contributed by atoms with Crippen molar-refractivity contribution in [2.24, 2.45) is 5.92 Å². The molecule has 1 aromatic carbocycles. The predicted octanol–water partition coefficient (Wildman–Crippen LogP) is 3.33. The van der Waals surface area contributed by atoms with Crippen LogP contribution >= 0.6 is 0 Å². The van der Waals surface area contributed by atoms with Gasteiger partial charge in [0.15, 0.2) is 0 Å². The van der Waals surface area contributed by atoms with E-state index in [9.17, 15) is 4.79 Å². The van der Waals surface area contributed by atoms with Gasteiger partial charge in [-0.1, -0.05) is 18.2 Å². The molecule has 1 heterocycles. The number of piperidine rings is 1. The van der Waals surface area contributed by atoms with Crippen LogP contribution in [0.2, 0.25) is 0 Å². The molecule has 1 aromatic rings. The van der Waals surface area contributed by atoms with Crippen LogP contribution in [0.15, 0.2) is 24.3 Å². The van der Waals surface area contributed by atoms with Crippen LogP contribution in [0.1, 0.15) is 44.2 Å². The molecular weight excluding hydrogens is 266 g/mol. The molecule has 1 unspecified atom stereocenters. The van der Waals surface area contributed by atoms with E-state index < -0.39 is 5.97 Å². The number of hydrogen-bond acceptors (Lipinski definition) is 3. The van der Waals surface area contributed by atoms with Crippen LogP contribution in [0.3, 0.4) is 0 Å². The van der Waals surface area contributed by atoms with Gasteiger partial charge in [0.1, 0.15) is 5.75 Å². The number of ether oxygens (including phenoxy) is 1. The average molecular weight is 291 g/mol. The zero-order chi connectivity index (χ0) is 15.2. The first kappa shape index (κ1) is 15.8. The Kier molecular flexibility index (Phi) is 5.62. The molecule has 2 rings (SSSR count). The first-order chi connectivity index (χ1) is 10.1. The first-order valence-corrected chi connectivity index (χ1v) is 7.70. The molecule has 116 valence electrons. The minimum absolute atomic E-state index is 0.298. The smallest absolute Gasteiger partial charge is 0.303 e. The summed E-state index contributed by atoms with van der Waals surface area (Å²) in [4.78, 5) is 13.1. The standard InChI is InChI=1S/C17H25NO3/c1-13(15-5-3-4-6-16(15)21-2)18-11-9-14(10-12-18)7-8-17(19)20/h3-6,13-14H,7-12H2,1-2H3,(H,19,20). The van der Waals surface area contributed by atoms with Gasteiger partial charge in [-0.3, -0.25) is 9.69 Å². The fourth-order valence-corrected chi connectivity index (χ4v) is 3.16. The van der Waals surface area contributed by atoms with E-state index in [2.05, 4.69) is 17.9 Å². The lowest BCUT2D eigenvalue weighted by atomic mass is 9.91. The van der Waals surface area contributed by atoms with Crippen LogP contribution in [0.5, 0.6) is 5.75 Å². The Morgan fingerprint density at radius 1 is 1.38 bits per heavy atom. The molecule has 0 spiro atoms. The topological polar surface area (TPSA) is 49.8 Å². The number of carbonyl (C=O) groups is 1. The monoisotopic (exact) mass is 291 g/mol. The zero-order valence-corrected chi connectivity index (χ0v) is 12.9. The highest BCUT2D eigenvalue weighted by Crippen LogP contribution is 2.32. The van der Waals surface area contributed by atoms with Crippen molar-refractivity contribution in [2.75, 3.05) is 20.2 Å². The Labute approximate surface area is 126 Å². The molecule has 1 saturated heterocycles. The van der Waals surface area contributed by atoms with Crippen LogP contribution < -0.4 is 4.74 Å². The van der Waals surface area contributed by atoms with Gasteiger partial charge in [0.2, 0.25) is 0 Å². The van der Waals surface area contributed by atoms with Crippen LogP contribution in [0.25, 0.3) is 0 Å². The third-order valence-corrected chi connectivity index (χ3v) is 4.55. The fourth-order valence-electron chi connectivity index (χ4n) is 3.16. The number of aliphatic carboxylic acids is 1. The number of para-hydroxylation sites is 1. The van der Waals surface area contributed by atoms with E-state index in [1.54, 1.807) is 7.11 Å². The summed E-state index contributed by atoms with van der Waals surface area (Å²) in [5.41, 5.74) is 1.23. The highest BCUT2D eigenvalue weighted by molar-refractivity contribution is 5.66. The van der Waals surface area contributed by atoms with Crippen molar-refractivity contribution in [3.63, 3.8) is 0 Å². The number of nitrogens with zero attached hydrogens (tertiary/aromatic N) is 1. The highest BCUT2D eigenvalue weighted by atomic mass is 16.5. The van der Waals surface area contributed by atoms with E-state index in [1.807, 2.05) is 18.2 Å². The van der Waals surface area contributed by atoms with E-state index in [0.29, 0.717) is 18.4 Å². The molecule has 0 bridgehead atoms. The normalized spacial score (nSPS) is 18.4. The second kappa shape index (κ2) is 7.46. The van der Waals surface area contributed by atoms with Crippen molar-refractivity contribution in [1.29, 1.82) is 0 Å². The average Bonchev–Trinajstić information content (AvgIpc) is 2.52. The third-order valence-electron chi connectivity index (χ3n) is 4.55. The Hall–Kier alpha value is -1.55. The molecule has 0 amide bonds. The van der Waals surface area contributed by atoms with Crippen molar-refractivity contribution in [1.82, 2.24) is 4.90 Å². The van der Waals surface area contributed by atoms with Crippen LogP contribution in [0, 0.1) is 5.92 Å². The van der Waals surface area contributed by atoms with Crippen molar-refractivity contribution in [3.05, 3.63) is 29.8 Å². The lowest BCUT2D eigenvalue weighted by Gasteiger charge is -2.36. The number of likely N-dealkylation sites (tertiary alicyclic amines) is 1. The Morgan fingerprint density at radius 2 is 2.05 bits per heavy atom. The van der Waals surface area contributed by atoms with Crippen LogP contribution in [-0.2, 0) is 4.79 Å². The SMILES string of the molecule is COc1ccccc1C(C)N1CCC(CCC(=O)O)CC1. The molecule has 0 aromatic heterocycles. The number of methoxy groups -OCH3 is 1. The van der Waals surface area contributed by atoms with Gasteiger partial charge in [0.05, 0.1) is 7.11 Å². The highest BCUT2D eigenvalue weighted by Gasteiger charge is 2.25. The lowest BCUT2D eigenvalue weighted by Crippen LogP contribution is -2.36. The van der Waals surface area contributed by atoms with E-state index >= 15 is 0 Å². The summed E-state index contributed by atoms with van der Waals surface area (Å²) >= 11 is 0. The molecule has 21 heavy (non-hydrogen) atoms. The molecule has 4 heteroatoms. The van der Waals surface area contributed by atoms with Gasteiger partial charge in [0, 0.05) is 18.0 Å². The summed E-state index contributed by atoms with van der Waals surface area (Å²) in [7, 11) is 1.71. The van der Waals surface area contributed by atoms with Crippen LogP contribution in [-0.4, -0.2) is 36.2 Å². The van der Waals surface area contributed by atoms with Crippen molar-refractivity contribution in [2.45, 2.75) is 38.6 Å². The van der Waals surface area contributed by atoms with E-state index in [4.69, 9.17) is 9.84 Å². The molecule has 0 aliphatic carbocycles. The Bertz CT molecular complexity index is 467. The summed E-state index contributed by atoms with van der Waals surface area (Å²) in [5.74, 6) is 0.819. The largest absolute Gasteiger partial charge is 0.496 e. The zero-order valence-electron chi connectivity index (χ0n) is 12.9. The van der Waals surface area contributed by atoms with Gasteiger partial charge in [-0.05, 0) is 51.3 Å². The van der Waals surface area contributed by atoms with Crippen molar-refractivity contribution < 1.29 is 14.6 Å². The minimum Gasteiger partial charge on any atom is -0.496 e. The molecule has 1 aliphatic heterocycles. The molecule has 1 aliphatic rings. The first-order valence-electron chi connectivity index (χ1n) is 7.70. The third kappa shape index (κ3) is 4.21. The Balaban J connectivity index is 1.91. The molecular formula is C17H25NO3. The second-order valence-corrected chi connectivity index (χ2v) is 5.83. The van der Waals surface area contributed by atoms with Crippen molar-refractivity contribution in [3.8, 4) is 5.75 Å². The maximum Gasteiger partial charge on any atom is 0.303 e. The van der Waals surface area contributed by atoms with Gasteiger partial charge in [-0.15, -0.1) is 0 Å². The number of hydrogen-bond donors (Lipinski definition) is 1. The van der Waals surface area contributed by atoms with E-state index in [0.717, 1.165) is 38.1 Å². The van der Waals surface area contributed by atoms with E-state index in [1.165, 1.54) is 5.56 Å². The minimum atomic E-state index is -0.681. The van der Waals surface area contributed by atoms with Crippen molar-refractivity contribution >= 4 is 5.97 Å². The number of carboxylic acid groups (broad SMARTS) is 1. The maximum atomic E-state index is 10.6. The lowest BCUT2D eigenvalue weighted by molar-refractivity contribution is -0.137. The number of carboxylic acids is 1. The van der Waals surface area contributed by atoms with Crippen LogP contribution in [0.4, 0.5) is 0 Å². The molecule has 1 N–H and O–H groups in total. The molecule has 0 saturated carbocycles. The number of benzene rings is 1. The maximum absolute atomic E-state index is 10.6. The Morgan fingerprint density at radius 3 is 2.67 bits per heavy atom. The fraction of sp³-hybridized carbons (Fsp3) is 0.588.